The fourth-order valence-electron chi connectivity index (χ4n) is 4.82. The van der Waals surface area contributed by atoms with E-state index in [-0.39, 0.29) is 22.8 Å². The number of carbonyl (C=O) groups is 3. The predicted molar refractivity (Wildman–Crippen MR) is 116 cm³/mol. The van der Waals surface area contributed by atoms with Crippen molar-refractivity contribution in [2.45, 2.75) is 60.0 Å². The van der Waals surface area contributed by atoms with E-state index in [1.54, 1.807) is 20.8 Å². The predicted octanol–water partition coefficient (Wildman–Crippen LogP) is 5.41. The van der Waals surface area contributed by atoms with Crippen LogP contribution in [0.25, 0.3) is 0 Å². The van der Waals surface area contributed by atoms with E-state index in [9.17, 15) is 14.4 Å². The van der Waals surface area contributed by atoms with Gasteiger partial charge in [-0.25, -0.2) is 15.2 Å². The Balaban J connectivity index is 1.99. The minimum absolute atomic E-state index is 0.0853. The molecule has 0 heterocycles. The van der Waals surface area contributed by atoms with Gasteiger partial charge in [0, 0.05) is 15.5 Å². The van der Waals surface area contributed by atoms with E-state index in [1.165, 1.54) is 18.2 Å². The third-order valence-corrected chi connectivity index (χ3v) is 7.16. The number of ketones is 1. The highest BCUT2D eigenvalue weighted by Gasteiger charge is 2.68. The van der Waals surface area contributed by atoms with Gasteiger partial charge < -0.3 is 4.74 Å². The Kier molecular flexibility index (Phi) is 5.66. The first-order valence-corrected chi connectivity index (χ1v) is 10.8. The van der Waals surface area contributed by atoms with E-state index in [4.69, 9.17) is 27.9 Å². The zero-order valence-corrected chi connectivity index (χ0v) is 19.6. The van der Waals surface area contributed by atoms with E-state index >= 15 is 0 Å². The average Bonchev–Trinajstić information content (AvgIpc) is 2.89. The number of ether oxygens (including phenoxy) is 1. The van der Waals surface area contributed by atoms with Crippen LogP contribution in [-0.4, -0.2) is 23.4 Å². The van der Waals surface area contributed by atoms with Crippen LogP contribution in [0.2, 0.25) is 10.0 Å². The van der Waals surface area contributed by atoms with Gasteiger partial charge in [-0.15, -0.1) is 0 Å². The molecule has 0 saturated heterocycles. The van der Waals surface area contributed by atoms with Gasteiger partial charge in [-0.05, 0) is 63.1 Å². The molecule has 2 aliphatic rings. The molecule has 1 N–H and O–H groups in total. The van der Waals surface area contributed by atoms with Crippen LogP contribution < -0.4 is 10.4 Å². The number of hydrazine groups is 1. The van der Waals surface area contributed by atoms with Crippen LogP contribution in [0.4, 0.5) is 10.5 Å². The third kappa shape index (κ3) is 3.80. The molecule has 6 nitrogen and oxygen atoms in total. The third-order valence-electron chi connectivity index (χ3n) is 6.73. The highest BCUT2D eigenvalue weighted by atomic mass is 35.5. The number of hydrogen-bond donors (Lipinski definition) is 1. The largest absolute Gasteiger partial charge is 0.443 e. The summed E-state index contributed by atoms with van der Waals surface area (Å²) in [6.07, 6.45) is 0.728. The minimum atomic E-state index is -0.855. The molecule has 0 spiro atoms. The number of amides is 2. The van der Waals surface area contributed by atoms with Gasteiger partial charge in [-0.3, -0.25) is 9.59 Å². The Morgan fingerprint density at radius 2 is 1.70 bits per heavy atom. The fraction of sp³-hybridized carbons (Fsp3) is 0.591. The number of anilines is 1. The Hall–Kier alpha value is -1.79. The van der Waals surface area contributed by atoms with Crippen molar-refractivity contribution in [2.75, 3.05) is 5.01 Å². The van der Waals surface area contributed by atoms with Crippen LogP contribution in [0.1, 0.15) is 54.4 Å². The second-order valence-electron chi connectivity index (χ2n) is 9.96. The molecule has 1 aromatic carbocycles. The molecule has 2 fully saturated rings. The van der Waals surface area contributed by atoms with E-state index in [0.29, 0.717) is 10.0 Å². The van der Waals surface area contributed by atoms with E-state index < -0.39 is 28.9 Å². The van der Waals surface area contributed by atoms with Gasteiger partial charge in [0.25, 0.3) is 5.91 Å². The number of hydrogen-bond acceptors (Lipinski definition) is 4. The van der Waals surface area contributed by atoms with Crippen LogP contribution in [0.5, 0.6) is 0 Å². The monoisotopic (exact) mass is 454 g/mol. The van der Waals surface area contributed by atoms with Crippen molar-refractivity contribution in [1.82, 2.24) is 5.43 Å². The molecule has 0 radical (unpaired) electrons. The van der Waals surface area contributed by atoms with E-state index in [1.807, 2.05) is 20.8 Å². The fourth-order valence-corrected chi connectivity index (χ4v) is 5.33. The minimum Gasteiger partial charge on any atom is -0.443 e. The summed E-state index contributed by atoms with van der Waals surface area (Å²) in [6.45, 7) is 11.2. The average molecular weight is 455 g/mol. The number of rotatable bonds is 2. The maximum Gasteiger partial charge on any atom is 0.427 e. The molecule has 2 aliphatic carbocycles. The van der Waals surface area contributed by atoms with Crippen LogP contribution in [-0.2, 0) is 14.3 Å². The second kappa shape index (κ2) is 7.41. The summed E-state index contributed by atoms with van der Waals surface area (Å²) >= 11 is 12.3. The van der Waals surface area contributed by atoms with Crippen molar-refractivity contribution in [3.63, 3.8) is 0 Å². The molecule has 164 valence electrons. The number of nitrogens with zero attached hydrogens (tertiary/aromatic N) is 1. The molecule has 3 atom stereocenters. The Labute approximate surface area is 187 Å². The second-order valence-corrected chi connectivity index (χ2v) is 10.8. The zero-order chi connectivity index (χ0) is 22.6. The number of Topliss-reactive ketones (excluding diaryl/α,β-unsaturated/α-hetero) is 1. The molecule has 2 saturated carbocycles. The van der Waals surface area contributed by atoms with Crippen molar-refractivity contribution in [2.24, 2.45) is 22.7 Å². The smallest absolute Gasteiger partial charge is 0.427 e. The van der Waals surface area contributed by atoms with Crippen LogP contribution in [0.15, 0.2) is 18.2 Å². The SMILES string of the molecule is CC(C)(C)OC(=O)NN(C(=O)C1C(=O)[C@]2(C)CC[C@H]1C2(C)C)c1cc(Cl)cc(Cl)c1. The first-order chi connectivity index (χ1) is 13.7. The van der Waals surface area contributed by atoms with Gasteiger partial charge in [-0.2, -0.15) is 0 Å². The number of carbonyl (C=O) groups excluding carboxylic acids is 3. The number of fused-ring (bicyclic) bond motifs is 2. The van der Waals surface area contributed by atoms with Gasteiger partial charge in [0.1, 0.15) is 11.5 Å². The van der Waals surface area contributed by atoms with Gasteiger partial charge in [0.05, 0.1) is 5.69 Å². The molecular weight excluding hydrogens is 427 g/mol. The number of nitrogens with one attached hydrogen (secondary N) is 1. The summed E-state index contributed by atoms with van der Waals surface area (Å²) < 4.78 is 5.32. The summed E-state index contributed by atoms with van der Waals surface area (Å²) in [4.78, 5) is 39.4. The molecule has 1 aromatic rings. The standard InChI is InChI=1S/C22H28Cl2N2O4/c1-20(2,3)30-19(29)25-26(14-10-12(23)9-13(24)11-14)18(28)16-15-7-8-22(6,17(16)27)21(15,4)5/h9-11,15-16H,7-8H2,1-6H3,(H,25,29)/t15-,16?,22+/m1/s1. The van der Waals surface area contributed by atoms with Crippen molar-refractivity contribution >= 4 is 46.7 Å². The first-order valence-electron chi connectivity index (χ1n) is 10.0. The molecule has 2 amide bonds. The molecule has 2 bridgehead atoms. The quantitative estimate of drug-likeness (QED) is 0.478. The summed E-state index contributed by atoms with van der Waals surface area (Å²) in [6, 6.07) is 4.54. The van der Waals surface area contributed by atoms with Crippen LogP contribution in [0, 0.1) is 22.7 Å². The lowest BCUT2D eigenvalue weighted by molar-refractivity contribution is -0.138. The molecule has 30 heavy (non-hydrogen) atoms. The molecule has 0 aliphatic heterocycles. The van der Waals surface area contributed by atoms with Crippen LogP contribution >= 0.6 is 23.2 Å². The highest BCUT2D eigenvalue weighted by molar-refractivity contribution is 6.35. The maximum absolute atomic E-state index is 13.6. The van der Waals surface area contributed by atoms with Crippen LogP contribution in [0.3, 0.4) is 0 Å². The van der Waals surface area contributed by atoms with Crippen molar-refractivity contribution in [3.05, 3.63) is 28.2 Å². The van der Waals surface area contributed by atoms with Gasteiger partial charge in [-0.1, -0.05) is 44.0 Å². The summed E-state index contributed by atoms with van der Waals surface area (Å²) in [5.74, 6) is -1.56. The maximum atomic E-state index is 13.6. The number of halogens is 2. The lowest BCUT2D eigenvalue weighted by Crippen LogP contribution is -2.53. The molecule has 1 unspecified atom stereocenters. The Morgan fingerprint density at radius 3 is 2.17 bits per heavy atom. The molecule has 8 heteroatoms. The summed E-state index contributed by atoms with van der Waals surface area (Å²) in [7, 11) is 0. The first kappa shape index (κ1) is 22.9. The lowest BCUT2D eigenvalue weighted by atomic mass is 9.70. The Bertz CT molecular complexity index is 889. The van der Waals surface area contributed by atoms with Crippen molar-refractivity contribution < 1.29 is 19.1 Å². The Morgan fingerprint density at radius 1 is 1.13 bits per heavy atom. The van der Waals surface area contributed by atoms with Crippen molar-refractivity contribution in [1.29, 1.82) is 0 Å². The normalized spacial score (nSPS) is 27.1. The van der Waals surface area contributed by atoms with E-state index in [0.717, 1.165) is 17.9 Å². The lowest BCUT2D eigenvalue weighted by Gasteiger charge is -2.32. The molecular formula is C22H28Cl2N2O4. The van der Waals surface area contributed by atoms with Gasteiger partial charge in [0.15, 0.2) is 5.78 Å². The highest BCUT2D eigenvalue weighted by Crippen LogP contribution is 2.66. The molecule has 0 aromatic heterocycles. The van der Waals surface area contributed by atoms with Crippen molar-refractivity contribution in [3.8, 4) is 0 Å². The van der Waals surface area contributed by atoms with E-state index in [2.05, 4.69) is 5.43 Å². The molecule has 3 rings (SSSR count). The topological polar surface area (TPSA) is 75.7 Å². The number of benzene rings is 1. The summed E-state index contributed by atoms with van der Waals surface area (Å²) in [5, 5.41) is 1.65. The van der Waals surface area contributed by atoms with Gasteiger partial charge >= 0.3 is 6.09 Å². The van der Waals surface area contributed by atoms with Gasteiger partial charge in [0.2, 0.25) is 0 Å². The zero-order valence-electron chi connectivity index (χ0n) is 18.1. The summed E-state index contributed by atoms with van der Waals surface area (Å²) in [5.41, 5.74) is 1.12.